The molecule has 0 aliphatic carbocycles. The molecular weight excluding hydrogens is 373 g/mol. The van der Waals surface area contributed by atoms with E-state index in [4.69, 9.17) is 16.7 Å². The van der Waals surface area contributed by atoms with E-state index in [0.29, 0.717) is 10.6 Å². The summed E-state index contributed by atoms with van der Waals surface area (Å²) in [5.74, 6) is -2.73. The van der Waals surface area contributed by atoms with Crippen LogP contribution in [0.1, 0.15) is 23.6 Å². The molecule has 140 valence electrons. The summed E-state index contributed by atoms with van der Waals surface area (Å²) in [6, 6.07) is 10.8. The molecule has 0 spiro atoms. The molecule has 2 aromatic carbocycles. The van der Waals surface area contributed by atoms with Crippen molar-refractivity contribution < 1.29 is 24.2 Å². The number of rotatable bonds is 5. The van der Waals surface area contributed by atoms with Gasteiger partial charge in [0.2, 0.25) is 0 Å². The molecule has 1 aliphatic rings. The van der Waals surface area contributed by atoms with Crippen molar-refractivity contribution in [1.29, 1.82) is 0 Å². The number of likely N-dealkylation sites (tertiary alicyclic amines) is 1. The molecule has 2 N–H and O–H groups in total. The highest BCUT2D eigenvalue weighted by Gasteiger charge is 2.46. The summed E-state index contributed by atoms with van der Waals surface area (Å²) in [4.78, 5) is 26.3. The Morgan fingerprint density at radius 2 is 1.78 bits per heavy atom. The van der Waals surface area contributed by atoms with Gasteiger partial charge in [-0.2, -0.15) is 0 Å². The second kappa shape index (κ2) is 7.90. The Hall–Kier alpha value is -2.70. The van der Waals surface area contributed by atoms with Gasteiger partial charge in [-0.1, -0.05) is 29.8 Å². The summed E-state index contributed by atoms with van der Waals surface area (Å²) >= 11 is 5.85. The van der Waals surface area contributed by atoms with Crippen LogP contribution in [0, 0.1) is 5.82 Å². The summed E-state index contributed by atoms with van der Waals surface area (Å²) in [5.41, 5.74) is 0.205. The molecule has 1 unspecified atom stereocenters. The van der Waals surface area contributed by atoms with Crippen molar-refractivity contribution in [3.8, 4) is 0 Å². The van der Waals surface area contributed by atoms with Gasteiger partial charge in [0.1, 0.15) is 11.6 Å². The van der Waals surface area contributed by atoms with Crippen LogP contribution in [-0.2, 0) is 9.59 Å². The molecule has 27 heavy (non-hydrogen) atoms. The topological polar surface area (TPSA) is 77.8 Å². The van der Waals surface area contributed by atoms with E-state index in [2.05, 4.69) is 0 Å². The fraction of sp³-hybridized carbons (Fsp3) is 0.200. The highest BCUT2D eigenvalue weighted by Crippen LogP contribution is 2.40. The van der Waals surface area contributed by atoms with E-state index in [1.54, 1.807) is 6.07 Å². The first-order chi connectivity index (χ1) is 13.0. The van der Waals surface area contributed by atoms with Crippen LogP contribution < -0.4 is 0 Å². The average Bonchev–Trinajstić information content (AvgIpc) is 2.91. The van der Waals surface area contributed by atoms with Crippen LogP contribution in [0.4, 0.5) is 4.39 Å². The number of carbonyl (C=O) groups is 2. The smallest absolute Gasteiger partial charge is 0.295 e. The third-order valence-corrected chi connectivity index (χ3v) is 4.67. The van der Waals surface area contributed by atoms with E-state index >= 15 is 0 Å². The lowest BCUT2D eigenvalue weighted by atomic mass is 9.95. The molecule has 1 fully saturated rings. The molecule has 1 heterocycles. The minimum absolute atomic E-state index is 0.0530. The standard InChI is InChI=1S/C20H17ClFNO4/c21-13-8-6-12(7-9-13)18(25)16-17(14-4-1-2-5-15(14)22)23(10-3-11-24)20(27)19(16)26/h1-2,4-9,17,24-25H,3,10-11H2. The van der Waals surface area contributed by atoms with Gasteiger partial charge in [-0.3, -0.25) is 9.59 Å². The third-order valence-electron chi connectivity index (χ3n) is 4.41. The minimum atomic E-state index is -1.08. The Bertz CT molecular complexity index is 910. The van der Waals surface area contributed by atoms with Crippen molar-refractivity contribution in [3.05, 3.63) is 76.1 Å². The van der Waals surface area contributed by atoms with Crippen LogP contribution in [-0.4, -0.2) is 40.0 Å². The van der Waals surface area contributed by atoms with Crippen molar-refractivity contribution in [2.75, 3.05) is 13.2 Å². The highest BCUT2D eigenvalue weighted by molar-refractivity contribution is 6.46. The normalized spacial score (nSPS) is 18.9. The molecule has 0 saturated carbocycles. The molecule has 5 nitrogen and oxygen atoms in total. The first-order valence-electron chi connectivity index (χ1n) is 8.35. The van der Waals surface area contributed by atoms with Gasteiger partial charge < -0.3 is 15.1 Å². The van der Waals surface area contributed by atoms with Gasteiger partial charge in [0, 0.05) is 29.3 Å². The number of ketones is 1. The molecule has 1 aliphatic heterocycles. The lowest BCUT2D eigenvalue weighted by molar-refractivity contribution is -0.140. The fourth-order valence-electron chi connectivity index (χ4n) is 3.14. The van der Waals surface area contributed by atoms with Gasteiger partial charge in [-0.05, 0) is 36.8 Å². The maximum atomic E-state index is 14.5. The number of halogens is 2. The van der Waals surface area contributed by atoms with Crippen LogP contribution in [0.2, 0.25) is 5.02 Å². The molecule has 0 bridgehead atoms. The SMILES string of the molecule is O=C1C(=O)N(CCCO)C(c2ccccc2F)C1=C(O)c1ccc(Cl)cc1. The molecule has 3 rings (SSSR count). The number of Topliss-reactive ketones (excluding diaryl/α,β-unsaturated/α-hetero) is 1. The molecule has 1 atom stereocenters. The maximum Gasteiger partial charge on any atom is 0.295 e. The summed E-state index contributed by atoms with van der Waals surface area (Å²) in [6.45, 7) is -0.137. The Kier molecular flexibility index (Phi) is 5.58. The minimum Gasteiger partial charge on any atom is -0.507 e. The Balaban J connectivity index is 2.18. The van der Waals surface area contributed by atoms with Crippen LogP contribution in [0.3, 0.4) is 0 Å². The predicted octanol–water partition coefficient (Wildman–Crippen LogP) is 3.28. The molecule has 2 aromatic rings. The first kappa shape index (κ1) is 19.1. The quantitative estimate of drug-likeness (QED) is 0.467. The Labute approximate surface area is 160 Å². The average molecular weight is 390 g/mol. The zero-order chi connectivity index (χ0) is 19.6. The molecule has 0 aromatic heterocycles. The highest BCUT2D eigenvalue weighted by atomic mass is 35.5. The largest absolute Gasteiger partial charge is 0.507 e. The van der Waals surface area contributed by atoms with E-state index in [-0.39, 0.29) is 30.7 Å². The Morgan fingerprint density at radius 3 is 2.41 bits per heavy atom. The van der Waals surface area contributed by atoms with E-state index in [9.17, 15) is 19.1 Å². The van der Waals surface area contributed by atoms with E-state index < -0.39 is 29.3 Å². The first-order valence-corrected chi connectivity index (χ1v) is 8.73. The summed E-state index contributed by atoms with van der Waals surface area (Å²) in [7, 11) is 0. The van der Waals surface area contributed by atoms with Crippen molar-refractivity contribution >= 4 is 29.1 Å². The molecule has 1 saturated heterocycles. The number of amides is 1. The lowest BCUT2D eigenvalue weighted by Crippen LogP contribution is -2.31. The van der Waals surface area contributed by atoms with Crippen LogP contribution in [0.5, 0.6) is 0 Å². The van der Waals surface area contributed by atoms with E-state index in [1.807, 2.05) is 0 Å². The van der Waals surface area contributed by atoms with Gasteiger partial charge in [0.15, 0.2) is 0 Å². The van der Waals surface area contributed by atoms with Gasteiger partial charge in [-0.15, -0.1) is 0 Å². The lowest BCUT2D eigenvalue weighted by Gasteiger charge is -2.25. The molecule has 1 amide bonds. The molecule has 7 heteroatoms. The summed E-state index contributed by atoms with van der Waals surface area (Å²) < 4.78 is 14.5. The van der Waals surface area contributed by atoms with Crippen LogP contribution in [0.15, 0.2) is 54.1 Å². The van der Waals surface area contributed by atoms with Crippen LogP contribution >= 0.6 is 11.6 Å². The number of aliphatic hydroxyl groups excluding tert-OH is 2. The van der Waals surface area contributed by atoms with E-state index in [1.165, 1.54) is 47.4 Å². The number of carbonyl (C=O) groups excluding carboxylic acids is 2. The van der Waals surface area contributed by atoms with Crippen LogP contribution in [0.25, 0.3) is 5.76 Å². The van der Waals surface area contributed by atoms with Crippen molar-refractivity contribution in [2.45, 2.75) is 12.5 Å². The van der Waals surface area contributed by atoms with Gasteiger partial charge in [-0.25, -0.2) is 4.39 Å². The second-order valence-corrected chi connectivity index (χ2v) is 6.53. The number of nitrogens with zero attached hydrogens (tertiary/aromatic N) is 1. The van der Waals surface area contributed by atoms with Gasteiger partial charge in [0.25, 0.3) is 11.7 Å². The molecule has 0 radical (unpaired) electrons. The summed E-state index contributed by atoms with van der Waals surface area (Å²) in [5, 5.41) is 20.3. The van der Waals surface area contributed by atoms with Gasteiger partial charge >= 0.3 is 0 Å². The number of benzene rings is 2. The Morgan fingerprint density at radius 1 is 1.11 bits per heavy atom. The summed E-state index contributed by atoms with van der Waals surface area (Å²) in [6.07, 6.45) is 0.221. The fourth-order valence-corrected chi connectivity index (χ4v) is 3.26. The maximum absolute atomic E-state index is 14.5. The van der Waals surface area contributed by atoms with Crippen molar-refractivity contribution in [1.82, 2.24) is 4.90 Å². The number of hydrogen-bond acceptors (Lipinski definition) is 4. The zero-order valence-electron chi connectivity index (χ0n) is 14.2. The van der Waals surface area contributed by atoms with Gasteiger partial charge in [0.05, 0.1) is 11.6 Å². The number of hydrogen-bond donors (Lipinski definition) is 2. The monoisotopic (exact) mass is 389 g/mol. The van der Waals surface area contributed by atoms with E-state index in [0.717, 1.165) is 0 Å². The third kappa shape index (κ3) is 3.59. The van der Waals surface area contributed by atoms with Crippen molar-refractivity contribution in [3.63, 3.8) is 0 Å². The second-order valence-electron chi connectivity index (χ2n) is 6.10. The predicted molar refractivity (Wildman–Crippen MR) is 98.6 cm³/mol. The number of aliphatic hydroxyl groups is 2. The van der Waals surface area contributed by atoms with Crippen molar-refractivity contribution in [2.24, 2.45) is 0 Å². The molecular formula is C20H17ClFNO4. The zero-order valence-corrected chi connectivity index (χ0v) is 15.0.